The zero-order valence-electron chi connectivity index (χ0n) is 9.38. The SMILES string of the molecule is Ic1ccc(C=CC=Cc2ccccc2)cc1. The second kappa shape index (κ2) is 6.40. The maximum Gasteiger partial charge on any atom is 0.0130 e. The van der Waals surface area contributed by atoms with Crippen LogP contribution in [0, 0.1) is 3.57 Å². The second-order valence-corrected chi connectivity index (χ2v) is 4.93. The summed E-state index contributed by atoms with van der Waals surface area (Å²) in [5, 5.41) is 0. The lowest BCUT2D eigenvalue weighted by Gasteiger charge is -1.92. The minimum Gasteiger partial charge on any atom is -0.0622 e. The van der Waals surface area contributed by atoms with Gasteiger partial charge in [-0.3, -0.25) is 0 Å². The Morgan fingerprint density at radius 3 is 1.76 bits per heavy atom. The Hall–Kier alpha value is -1.35. The van der Waals surface area contributed by atoms with E-state index in [-0.39, 0.29) is 0 Å². The average Bonchev–Trinajstić information content (AvgIpc) is 2.38. The van der Waals surface area contributed by atoms with Crippen molar-refractivity contribution in [1.29, 1.82) is 0 Å². The summed E-state index contributed by atoms with van der Waals surface area (Å²) in [5.74, 6) is 0. The molecule has 0 amide bonds. The Balaban J connectivity index is 1.98. The van der Waals surface area contributed by atoms with Crippen LogP contribution in [0.5, 0.6) is 0 Å². The molecule has 0 fully saturated rings. The number of halogens is 1. The third-order valence-corrected chi connectivity index (χ3v) is 3.08. The maximum absolute atomic E-state index is 2.31. The van der Waals surface area contributed by atoms with Crippen LogP contribution in [0.2, 0.25) is 0 Å². The van der Waals surface area contributed by atoms with Gasteiger partial charge in [-0.1, -0.05) is 66.8 Å². The molecule has 17 heavy (non-hydrogen) atoms. The van der Waals surface area contributed by atoms with E-state index in [4.69, 9.17) is 0 Å². The smallest absolute Gasteiger partial charge is 0.0130 e. The fourth-order valence-electron chi connectivity index (χ4n) is 1.47. The first-order chi connectivity index (χ1) is 8.34. The zero-order valence-corrected chi connectivity index (χ0v) is 11.5. The number of rotatable bonds is 3. The third-order valence-electron chi connectivity index (χ3n) is 2.36. The maximum atomic E-state index is 2.31. The van der Waals surface area contributed by atoms with Gasteiger partial charge in [-0.15, -0.1) is 0 Å². The molecule has 0 bridgehead atoms. The van der Waals surface area contributed by atoms with Crippen molar-refractivity contribution in [2.24, 2.45) is 0 Å². The Morgan fingerprint density at radius 1 is 0.647 bits per heavy atom. The van der Waals surface area contributed by atoms with Crippen molar-refractivity contribution in [3.8, 4) is 0 Å². The van der Waals surface area contributed by atoms with Gasteiger partial charge in [0.2, 0.25) is 0 Å². The first-order valence-electron chi connectivity index (χ1n) is 5.50. The summed E-state index contributed by atoms with van der Waals surface area (Å²) in [4.78, 5) is 0. The molecule has 0 aliphatic rings. The quantitative estimate of drug-likeness (QED) is 0.547. The molecular formula is C16H13I. The number of hydrogen-bond acceptors (Lipinski definition) is 0. The molecule has 0 saturated heterocycles. The molecule has 2 aromatic rings. The highest BCUT2D eigenvalue weighted by Gasteiger charge is 1.85. The van der Waals surface area contributed by atoms with Crippen LogP contribution < -0.4 is 0 Å². The van der Waals surface area contributed by atoms with Gasteiger partial charge in [0.15, 0.2) is 0 Å². The predicted octanol–water partition coefficient (Wildman–Crippen LogP) is 5.02. The molecule has 2 rings (SSSR count). The van der Waals surface area contributed by atoms with Crippen LogP contribution in [0.15, 0.2) is 66.7 Å². The molecule has 0 N–H and O–H groups in total. The fourth-order valence-corrected chi connectivity index (χ4v) is 1.83. The van der Waals surface area contributed by atoms with Crippen LogP contribution in [0.4, 0.5) is 0 Å². The summed E-state index contributed by atoms with van der Waals surface area (Å²) in [7, 11) is 0. The molecule has 0 saturated carbocycles. The molecule has 0 heterocycles. The summed E-state index contributed by atoms with van der Waals surface area (Å²) in [6.07, 6.45) is 8.33. The molecule has 0 spiro atoms. The first kappa shape index (κ1) is 12.1. The van der Waals surface area contributed by atoms with Gasteiger partial charge in [-0.2, -0.15) is 0 Å². The summed E-state index contributed by atoms with van der Waals surface area (Å²) < 4.78 is 1.26. The lowest BCUT2D eigenvalue weighted by molar-refractivity contribution is 1.61. The monoisotopic (exact) mass is 332 g/mol. The fraction of sp³-hybridized carbons (Fsp3) is 0. The van der Waals surface area contributed by atoms with Gasteiger partial charge in [0.25, 0.3) is 0 Å². The van der Waals surface area contributed by atoms with Crippen molar-refractivity contribution in [3.63, 3.8) is 0 Å². The van der Waals surface area contributed by atoms with Crippen LogP contribution >= 0.6 is 22.6 Å². The average molecular weight is 332 g/mol. The van der Waals surface area contributed by atoms with E-state index in [0.29, 0.717) is 0 Å². The summed E-state index contributed by atoms with van der Waals surface area (Å²) in [5.41, 5.74) is 2.45. The molecule has 0 radical (unpaired) electrons. The van der Waals surface area contributed by atoms with E-state index < -0.39 is 0 Å². The highest BCUT2D eigenvalue weighted by atomic mass is 127. The Kier molecular flexibility index (Phi) is 4.56. The molecule has 0 aliphatic carbocycles. The van der Waals surface area contributed by atoms with Crippen molar-refractivity contribution in [3.05, 3.63) is 81.4 Å². The van der Waals surface area contributed by atoms with Gasteiger partial charge in [0.05, 0.1) is 0 Å². The van der Waals surface area contributed by atoms with Gasteiger partial charge in [-0.25, -0.2) is 0 Å². The lowest BCUT2D eigenvalue weighted by Crippen LogP contribution is -1.72. The molecule has 1 heteroatoms. The largest absolute Gasteiger partial charge is 0.0622 e. The van der Waals surface area contributed by atoms with Crippen molar-refractivity contribution in [2.75, 3.05) is 0 Å². The topological polar surface area (TPSA) is 0 Å². The Labute approximate surface area is 116 Å². The normalized spacial score (nSPS) is 11.4. The van der Waals surface area contributed by atoms with Gasteiger partial charge in [0.1, 0.15) is 0 Å². The number of benzene rings is 2. The van der Waals surface area contributed by atoms with Gasteiger partial charge in [0, 0.05) is 3.57 Å². The van der Waals surface area contributed by atoms with E-state index in [1.165, 1.54) is 14.7 Å². The minimum absolute atomic E-state index is 1.22. The number of hydrogen-bond donors (Lipinski definition) is 0. The Morgan fingerprint density at radius 2 is 1.18 bits per heavy atom. The van der Waals surface area contributed by atoms with E-state index in [0.717, 1.165) is 0 Å². The molecule has 0 aliphatic heterocycles. The van der Waals surface area contributed by atoms with Crippen molar-refractivity contribution in [1.82, 2.24) is 0 Å². The van der Waals surface area contributed by atoms with Crippen LogP contribution in [0.25, 0.3) is 12.2 Å². The minimum atomic E-state index is 1.22. The van der Waals surface area contributed by atoms with Crippen LogP contribution in [0.3, 0.4) is 0 Å². The molecule has 0 aromatic heterocycles. The molecular weight excluding hydrogens is 319 g/mol. The summed E-state index contributed by atoms with van der Waals surface area (Å²) >= 11 is 2.31. The second-order valence-electron chi connectivity index (χ2n) is 3.68. The predicted molar refractivity (Wildman–Crippen MR) is 83.7 cm³/mol. The van der Waals surface area contributed by atoms with Crippen molar-refractivity contribution >= 4 is 34.7 Å². The number of allylic oxidation sites excluding steroid dienone is 2. The van der Waals surface area contributed by atoms with Crippen molar-refractivity contribution in [2.45, 2.75) is 0 Å². The summed E-state index contributed by atoms with van der Waals surface area (Å²) in [6, 6.07) is 18.8. The van der Waals surface area contributed by atoms with Gasteiger partial charge < -0.3 is 0 Å². The molecule has 0 nitrogen and oxygen atoms in total. The van der Waals surface area contributed by atoms with Crippen LogP contribution in [-0.2, 0) is 0 Å². The van der Waals surface area contributed by atoms with Gasteiger partial charge >= 0.3 is 0 Å². The standard InChI is InChI=1S/C16H13I/c17-16-12-10-15(11-13-16)9-5-4-8-14-6-2-1-3-7-14/h1-13H. The molecule has 2 aromatic carbocycles. The van der Waals surface area contributed by atoms with E-state index >= 15 is 0 Å². The molecule has 0 atom stereocenters. The third kappa shape index (κ3) is 4.19. The van der Waals surface area contributed by atoms with E-state index in [9.17, 15) is 0 Å². The van der Waals surface area contributed by atoms with Crippen LogP contribution in [-0.4, -0.2) is 0 Å². The van der Waals surface area contributed by atoms with Crippen LogP contribution in [0.1, 0.15) is 11.1 Å². The highest BCUT2D eigenvalue weighted by Crippen LogP contribution is 2.08. The Bertz CT molecular complexity index is 507. The van der Waals surface area contributed by atoms with Gasteiger partial charge in [-0.05, 0) is 45.9 Å². The first-order valence-corrected chi connectivity index (χ1v) is 6.58. The zero-order chi connectivity index (χ0) is 11.9. The summed E-state index contributed by atoms with van der Waals surface area (Å²) in [6.45, 7) is 0. The van der Waals surface area contributed by atoms with Crippen molar-refractivity contribution < 1.29 is 0 Å². The highest BCUT2D eigenvalue weighted by molar-refractivity contribution is 14.1. The van der Waals surface area contributed by atoms with E-state index in [2.05, 4.69) is 83.3 Å². The van der Waals surface area contributed by atoms with E-state index in [1.54, 1.807) is 0 Å². The molecule has 84 valence electrons. The van der Waals surface area contributed by atoms with E-state index in [1.807, 2.05) is 18.2 Å². The lowest BCUT2D eigenvalue weighted by atomic mass is 10.2. The molecule has 0 unspecified atom stereocenters.